The summed E-state index contributed by atoms with van der Waals surface area (Å²) < 4.78 is 0. The predicted molar refractivity (Wildman–Crippen MR) is 62.0 cm³/mol. The van der Waals surface area contributed by atoms with Crippen LogP contribution in [0.2, 0.25) is 0 Å². The van der Waals surface area contributed by atoms with Gasteiger partial charge in [-0.05, 0) is 25.0 Å². The third kappa shape index (κ3) is 1.46. The molecular weight excluding hydrogens is 186 g/mol. The van der Waals surface area contributed by atoms with Crippen molar-refractivity contribution in [3.05, 3.63) is 42.5 Å². The van der Waals surface area contributed by atoms with Crippen molar-refractivity contribution >= 4 is 11.6 Å². The van der Waals surface area contributed by atoms with E-state index in [-0.39, 0.29) is 11.8 Å². The van der Waals surface area contributed by atoms with E-state index in [1.165, 1.54) is 0 Å². The second-order valence-corrected chi connectivity index (χ2v) is 3.72. The molecular formula is C13H15NO. The highest BCUT2D eigenvalue weighted by Crippen LogP contribution is 2.38. The first kappa shape index (κ1) is 9.97. The number of allylic oxidation sites excluding steroid dienone is 1. The highest BCUT2D eigenvalue weighted by atomic mass is 16.2. The number of anilines is 1. The van der Waals surface area contributed by atoms with Gasteiger partial charge in [0.15, 0.2) is 0 Å². The van der Waals surface area contributed by atoms with Crippen molar-refractivity contribution in [3.8, 4) is 0 Å². The topological polar surface area (TPSA) is 20.3 Å². The van der Waals surface area contributed by atoms with E-state index in [0.29, 0.717) is 0 Å². The fourth-order valence-electron chi connectivity index (χ4n) is 2.19. The lowest BCUT2D eigenvalue weighted by Crippen LogP contribution is -2.28. The molecule has 0 bridgehead atoms. The Kier molecular flexibility index (Phi) is 2.58. The van der Waals surface area contributed by atoms with Crippen LogP contribution in [-0.2, 0) is 4.79 Å². The molecule has 78 valence electrons. The molecule has 0 radical (unpaired) electrons. The zero-order chi connectivity index (χ0) is 10.8. The second kappa shape index (κ2) is 3.89. The summed E-state index contributed by atoms with van der Waals surface area (Å²) in [5.74, 6) is 0.192. The number of hydrogen-bond acceptors (Lipinski definition) is 1. The molecule has 0 saturated carbocycles. The molecule has 1 atom stereocenters. The Labute approximate surface area is 90.2 Å². The molecule has 0 N–H and O–H groups in total. The van der Waals surface area contributed by atoms with Gasteiger partial charge in [-0.2, -0.15) is 0 Å². The quantitative estimate of drug-likeness (QED) is 0.688. The fourth-order valence-corrected chi connectivity index (χ4v) is 2.19. The molecule has 15 heavy (non-hydrogen) atoms. The average Bonchev–Trinajstić information content (AvgIpc) is 2.53. The first-order valence-corrected chi connectivity index (χ1v) is 5.30. The molecule has 1 heterocycles. The van der Waals surface area contributed by atoms with E-state index in [0.717, 1.165) is 24.2 Å². The Morgan fingerprint density at radius 1 is 1.47 bits per heavy atom. The van der Waals surface area contributed by atoms with Gasteiger partial charge in [0.25, 0.3) is 0 Å². The Balaban J connectivity index is 2.46. The Bertz CT molecular complexity index is 397. The van der Waals surface area contributed by atoms with Crippen molar-refractivity contribution in [1.29, 1.82) is 0 Å². The van der Waals surface area contributed by atoms with Crippen LogP contribution in [0.3, 0.4) is 0 Å². The molecule has 2 nitrogen and oxygen atoms in total. The van der Waals surface area contributed by atoms with Crippen LogP contribution in [0.25, 0.3) is 0 Å². The Morgan fingerprint density at radius 3 is 2.87 bits per heavy atom. The van der Waals surface area contributed by atoms with Gasteiger partial charge >= 0.3 is 0 Å². The number of benzene rings is 1. The van der Waals surface area contributed by atoms with Gasteiger partial charge in [0, 0.05) is 12.2 Å². The highest BCUT2D eigenvalue weighted by molar-refractivity contribution is 6.04. The van der Waals surface area contributed by atoms with Crippen LogP contribution in [0.15, 0.2) is 36.9 Å². The van der Waals surface area contributed by atoms with Gasteiger partial charge in [-0.3, -0.25) is 4.79 Å². The van der Waals surface area contributed by atoms with Crippen LogP contribution >= 0.6 is 0 Å². The summed E-state index contributed by atoms with van der Waals surface area (Å²) in [6.07, 6.45) is 2.55. The zero-order valence-electron chi connectivity index (χ0n) is 8.94. The molecule has 1 aromatic carbocycles. The molecule has 2 heteroatoms. The van der Waals surface area contributed by atoms with E-state index in [1.807, 2.05) is 42.2 Å². The zero-order valence-corrected chi connectivity index (χ0v) is 8.94. The lowest BCUT2D eigenvalue weighted by Gasteiger charge is -2.14. The summed E-state index contributed by atoms with van der Waals surface area (Å²) in [7, 11) is 0. The number of likely N-dealkylation sites (N-methyl/N-ethyl adjacent to an activating group) is 1. The van der Waals surface area contributed by atoms with E-state index >= 15 is 0 Å². The summed E-state index contributed by atoms with van der Waals surface area (Å²) in [6, 6.07) is 8.02. The van der Waals surface area contributed by atoms with Crippen LogP contribution < -0.4 is 4.90 Å². The lowest BCUT2D eigenvalue weighted by molar-refractivity contribution is -0.119. The van der Waals surface area contributed by atoms with Crippen LogP contribution in [0.1, 0.15) is 24.8 Å². The number of nitrogens with zero attached hydrogens (tertiary/aromatic N) is 1. The number of carbonyl (C=O) groups is 1. The van der Waals surface area contributed by atoms with Crippen molar-refractivity contribution in [1.82, 2.24) is 0 Å². The summed E-state index contributed by atoms with van der Waals surface area (Å²) >= 11 is 0. The average molecular weight is 201 g/mol. The van der Waals surface area contributed by atoms with Crippen molar-refractivity contribution in [2.24, 2.45) is 0 Å². The van der Waals surface area contributed by atoms with E-state index in [9.17, 15) is 4.79 Å². The van der Waals surface area contributed by atoms with E-state index in [4.69, 9.17) is 0 Å². The number of fused-ring (bicyclic) bond motifs is 1. The number of amides is 1. The molecule has 2 rings (SSSR count). The summed E-state index contributed by atoms with van der Waals surface area (Å²) in [6.45, 7) is 6.46. The van der Waals surface area contributed by atoms with Crippen LogP contribution in [0.4, 0.5) is 5.69 Å². The van der Waals surface area contributed by atoms with Crippen molar-refractivity contribution in [2.75, 3.05) is 11.4 Å². The van der Waals surface area contributed by atoms with Gasteiger partial charge < -0.3 is 4.90 Å². The molecule has 0 spiro atoms. The molecule has 1 aliphatic rings. The molecule has 1 unspecified atom stereocenters. The monoisotopic (exact) mass is 201 g/mol. The van der Waals surface area contributed by atoms with Crippen LogP contribution in [0, 0.1) is 0 Å². The number of rotatable bonds is 3. The third-order valence-corrected chi connectivity index (χ3v) is 2.89. The molecule has 1 aromatic rings. The number of para-hydroxylation sites is 1. The minimum atomic E-state index is -0.0151. The number of hydrogen-bond donors (Lipinski definition) is 0. The maximum atomic E-state index is 12.1. The molecule has 1 aliphatic heterocycles. The Hall–Kier alpha value is -1.57. The number of carbonyl (C=O) groups excluding carboxylic acids is 1. The van der Waals surface area contributed by atoms with E-state index < -0.39 is 0 Å². The largest absolute Gasteiger partial charge is 0.312 e. The molecule has 0 fully saturated rings. The minimum Gasteiger partial charge on any atom is -0.312 e. The van der Waals surface area contributed by atoms with Crippen molar-refractivity contribution < 1.29 is 4.79 Å². The first-order valence-electron chi connectivity index (χ1n) is 5.30. The molecule has 0 aliphatic carbocycles. The smallest absolute Gasteiger partial charge is 0.234 e. The van der Waals surface area contributed by atoms with Gasteiger partial charge in [0.1, 0.15) is 0 Å². The van der Waals surface area contributed by atoms with Gasteiger partial charge in [-0.15, -0.1) is 6.58 Å². The SMILES string of the molecule is C=CCC1C(=O)N(CC)c2ccccc21. The maximum Gasteiger partial charge on any atom is 0.234 e. The highest BCUT2D eigenvalue weighted by Gasteiger charge is 2.34. The minimum absolute atomic E-state index is 0.0151. The molecule has 0 aromatic heterocycles. The van der Waals surface area contributed by atoms with Gasteiger partial charge in [-0.25, -0.2) is 0 Å². The fraction of sp³-hybridized carbons (Fsp3) is 0.308. The molecule has 1 amide bonds. The summed E-state index contributed by atoms with van der Waals surface area (Å²) in [5, 5.41) is 0. The van der Waals surface area contributed by atoms with Gasteiger partial charge in [0.05, 0.1) is 5.92 Å². The van der Waals surface area contributed by atoms with Gasteiger partial charge in [0.2, 0.25) is 5.91 Å². The Morgan fingerprint density at radius 2 is 2.20 bits per heavy atom. The standard InChI is InChI=1S/C13H15NO/c1-3-7-11-10-8-5-6-9-12(10)14(4-2)13(11)15/h3,5-6,8-9,11H,1,4,7H2,2H3. The van der Waals surface area contributed by atoms with Crippen molar-refractivity contribution in [2.45, 2.75) is 19.3 Å². The lowest BCUT2D eigenvalue weighted by atomic mass is 9.97. The van der Waals surface area contributed by atoms with E-state index in [2.05, 4.69) is 6.58 Å². The third-order valence-electron chi connectivity index (χ3n) is 2.89. The van der Waals surface area contributed by atoms with Crippen LogP contribution in [0.5, 0.6) is 0 Å². The van der Waals surface area contributed by atoms with Crippen LogP contribution in [-0.4, -0.2) is 12.5 Å². The summed E-state index contributed by atoms with van der Waals surface area (Å²) in [4.78, 5) is 13.9. The van der Waals surface area contributed by atoms with Crippen molar-refractivity contribution in [3.63, 3.8) is 0 Å². The van der Waals surface area contributed by atoms with Gasteiger partial charge in [-0.1, -0.05) is 24.3 Å². The summed E-state index contributed by atoms with van der Waals surface area (Å²) in [5.41, 5.74) is 2.21. The molecule has 0 saturated heterocycles. The normalized spacial score (nSPS) is 19.1. The first-order chi connectivity index (χ1) is 7.29. The van der Waals surface area contributed by atoms with E-state index in [1.54, 1.807) is 0 Å². The second-order valence-electron chi connectivity index (χ2n) is 3.72. The maximum absolute atomic E-state index is 12.1. The predicted octanol–water partition coefficient (Wildman–Crippen LogP) is 2.71.